The lowest BCUT2D eigenvalue weighted by atomic mass is 9.78. The number of amides is 2. The molecular formula is C23H32N2O5S. The van der Waals surface area contributed by atoms with Crippen molar-refractivity contribution in [1.29, 1.82) is 0 Å². The zero-order valence-corrected chi connectivity index (χ0v) is 19.4. The highest BCUT2D eigenvalue weighted by molar-refractivity contribution is 8.02. The molecule has 2 amide bonds. The Bertz CT molecular complexity index is 825. The van der Waals surface area contributed by atoms with Gasteiger partial charge in [0, 0.05) is 17.8 Å². The second-order valence-electron chi connectivity index (χ2n) is 9.60. The monoisotopic (exact) mass is 448 g/mol. The Morgan fingerprint density at radius 2 is 1.94 bits per heavy atom. The molecule has 2 fully saturated rings. The van der Waals surface area contributed by atoms with Crippen molar-refractivity contribution in [2.45, 2.75) is 62.2 Å². The Hall–Kier alpha value is -1.80. The van der Waals surface area contributed by atoms with Crippen LogP contribution in [0.2, 0.25) is 0 Å². The van der Waals surface area contributed by atoms with Crippen LogP contribution in [0, 0.1) is 17.8 Å². The molecule has 0 aromatic rings. The molecule has 6 atom stereocenters. The first-order valence-electron chi connectivity index (χ1n) is 11.1. The summed E-state index contributed by atoms with van der Waals surface area (Å²) in [6.07, 6.45) is 8.31. The molecule has 170 valence electrons. The number of ether oxygens (including phenoxy) is 1. The Morgan fingerprint density at radius 1 is 1.19 bits per heavy atom. The summed E-state index contributed by atoms with van der Waals surface area (Å²) in [7, 11) is 0. The molecule has 0 aliphatic carbocycles. The Labute approximate surface area is 187 Å². The fourth-order valence-corrected chi connectivity index (χ4v) is 7.59. The quantitative estimate of drug-likeness (QED) is 0.508. The number of likely N-dealkylation sites (tertiary alicyclic amines) is 1. The number of hydrogen-bond donors (Lipinski definition) is 1. The molecule has 8 heteroatoms. The molecule has 4 heterocycles. The van der Waals surface area contributed by atoms with E-state index in [4.69, 9.17) is 4.74 Å². The molecule has 4 rings (SSSR count). The lowest BCUT2D eigenvalue weighted by Gasteiger charge is -2.39. The second kappa shape index (κ2) is 8.28. The Kier molecular flexibility index (Phi) is 5.98. The zero-order chi connectivity index (χ0) is 22.5. The van der Waals surface area contributed by atoms with Gasteiger partial charge in [0.2, 0.25) is 11.8 Å². The van der Waals surface area contributed by atoms with Crippen molar-refractivity contribution in [2.75, 3.05) is 19.8 Å². The molecule has 1 N–H and O–H groups in total. The van der Waals surface area contributed by atoms with Crippen LogP contribution < -0.4 is 0 Å². The number of esters is 1. The molecule has 0 saturated carbocycles. The second-order valence-corrected chi connectivity index (χ2v) is 11.1. The number of rotatable bonds is 5. The van der Waals surface area contributed by atoms with Gasteiger partial charge in [0.05, 0.1) is 29.2 Å². The predicted molar refractivity (Wildman–Crippen MR) is 118 cm³/mol. The molecule has 4 aliphatic heterocycles. The first-order chi connectivity index (χ1) is 14.7. The van der Waals surface area contributed by atoms with Gasteiger partial charge in [-0.3, -0.25) is 14.4 Å². The molecule has 1 spiro atoms. The summed E-state index contributed by atoms with van der Waals surface area (Å²) in [6, 6.07) is -1.25. The summed E-state index contributed by atoms with van der Waals surface area (Å²) >= 11 is 1.53. The minimum atomic E-state index is -0.849. The van der Waals surface area contributed by atoms with Crippen molar-refractivity contribution < 1.29 is 24.2 Å². The van der Waals surface area contributed by atoms with Gasteiger partial charge in [-0.2, -0.15) is 0 Å². The average Bonchev–Trinajstić information content (AvgIpc) is 3.00. The van der Waals surface area contributed by atoms with Crippen molar-refractivity contribution in [3.8, 4) is 0 Å². The van der Waals surface area contributed by atoms with Crippen molar-refractivity contribution in [1.82, 2.24) is 9.80 Å². The van der Waals surface area contributed by atoms with Crippen LogP contribution in [0.5, 0.6) is 0 Å². The van der Waals surface area contributed by atoms with Gasteiger partial charge in [-0.25, -0.2) is 0 Å². The fourth-order valence-electron chi connectivity index (χ4n) is 5.60. The molecule has 0 bridgehead atoms. The van der Waals surface area contributed by atoms with E-state index in [9.17, 15) is 19.5 Å². The van der Waals surface area contributed by atoms with Crippen molar-refractivity contribution in [2.24, 2.45) is 17.8 Å². The predicted octanol–water partition coefficient (Wildman–Crippen LogP) is 1.61. The average molecular weight is 449 g/mol. The maximum absolute atomic E-state index is 13.9. The van der Waals surface area contributed by atoms with Gasteiger partial charge in [0.25, 0.3) is 0 Å². The summed E-state index contributed by atoms with van der Waals surface area (Å²) in [5, 5.41) is 10.0. The number of cyclic esters (lactones) is 1. The van der Waals surface area contributed by atoms with Crippen LogP contribution in [-0.4, -0.2) is 80.6 Å². The number of fused-ring (bicyclic) bond motifs is 2. The third-order valence-electron chi connectivity index (χ3n) is 6.85. The largest absolute Gasteiger partial charge is 0.461 e. The Balaban J connectivity index is 1.86. The van der Waals surface area contributed by atoms with Gasteiger partial charge in [0.15, 0.2) is 0 Å². The third-order valence-corrected chi connectivity index (χ3v) is 8.60. The van der Waals surface area contributed by atoms with Crippen LogP contribution in [0.15, 0.2) is 24.3 Å². The maximum atomic E-state index is 13.9. The number of aliphatic hydroxyl groups excluding tert-OH is 1. The Morgan fingerprint density at radius 3 is 2.58 bits per heavy atom. The molecule has 4 aliphatic rings. The number of hydrogen-bond acceptors (Lipinski definition) is 6. The van der Waals surface area contributed by atoms with E-state index in [0.29, 0.717) is 13.0 Å². The van der Waals surface area contributed by atoms with Crippen molar-refractivity contribution in [3.05, 3.63) is 24.3 Å². The molecule has 7 nitrogen and oxygen atoms in total. The van der Waals surface area contributed by atoms with Crippen LogP contribution >= 0.6 is 11.8 Å². The van der Waals surface area contributed by atoms with E-state index in [0.717, 1.165) is 0 Å². The van der Waals surface area contributed by atoms with E-state index in [1.165, 1.54) is 11.8 Å². The molecule has 31 heavy (non-hydrogen) atoms. The van der Waals surface area contributed by atoms with E-state index < -0.39 is 28.7 Å². The molecule has 0 radical (unpaired) electrons. The van der Waals surface area contributed by atoms with Gasteiger partial charge in [-0.15, -0.1) is 11.8 Å². The van der Waals surface area contributed by atoms with Crippen LogP contribution in [0.4, 0.5) is 0 Å². The van der Waals surface area contributed by atoms with E-state index in [1.54, 1.807) is 9.80 Å². The lowest BCUT2D eigenvalue weighted by molar-refractivity contribution is -0.152. The highest BCUT2D eigenvalue weighted by atomic mass is 32.2. The highest BCUT2D eigenvalue weighted by Gasteiger charge is 2.71. The summed E-state index contributed by atoms with van der Waals surface area (Å²) in [5.41, 5.74) is 0. The summed E-state index contributed by atoms with van der Waals surface area (Å²) < 4.78 is 4.53. The minimum Gasteiger partial charge on any atom is -0.461 e. The highest BCUT2D eigenvalue weighted by Crippen LogP contribution is 2.61. The topological polar surface area (TPSA) is 87.2 Å². The summed E-state index contributed by atoms with van der Waals surface area (Å²) in [4.78, 5) is 44.1. The molecule has 0 aromatic carbocycles. The van der Waals surface area contributed by atoms with Crippen LogP contribution in [-0.2, 0) is 19.1 Å². The molecule has 0 aromatic heterocycles. The van der Waals surface area contributed by atoms with Crippen LogP contribution in [0.25, 0.3) is 0 Å². The van der Waals surface area contributed by atoms with E-state index >= 15 is 0 Å². The van der Waals surface area contributed by atoms with Crippen molar-refractivity contribution in [3.63, 3.8) is 0 Å². The van der Waals surface area contributed by atoms with E-state index in [2.05, 4.69) is 0 Å². The molecular weight excluding hydrogens is 416 g/mol. The lowest BCUT2D eigenvalue weighted by Crippen LogP contribution is -2.57. The van der Waals surface area contributed by atoms with Crippen molar-refractivity contribution >= 4 is 29.5 Å². The number of carbonyl (C=O) groups excluding carboxylic acids is 3. The first kappa shape index (κ1) is 22.4. The number of carbonyl (C=O) groups is 3. The number of thioether (sulfide) groups is 1. The van der Waals surface area contributed by atoms with E-state index in [-0.39, 0.29) is 48.2 Å². The molecule has 2 saturated heterocycles. The fraction of sp³-hybridized carbons (Fsp3) is 0.696. The SMILES string of the molecule is CC(C)C[C@H](CO)N1C(=O)[C@@H]2[C@H]3C(=O)OCC=C[C@H]3S[C@@]23C=CCN(C(C)C)C(=O)C13. The number of aliphatic hydroxyl groups is 1. The number of nitrogens with zero attached hydrogens (tertiary/aromatic N) is 2. The maximum Gasteiger partial charge on any atom is 0.311 e. The summed E-state index contributed by atoms with van der Waals surface area (Å²) in [5.74, 6) is -1.79. The van der Waals surface area contributed by atoms with Gasteiger partial charge < -0.3 is 19.6 Å². The zero-order valence-electron chi connectivity index (χ0n) is 18.6. The van der Waals surface area contributed by atoms with E-state index in [1.807, 2.05) is 52.0 Å². The van der Waals surface area contributed by atoms with Gasteiger partial charge in [0.1, 0.15) is 12.6 Å². The van der Waals surface area contributed by atoms with Gasteiger partial charge in [-0.05, 0) is 26.2 Å². The molecule has 1 unspecified atom stereocenters. The minimum absolute atomic E-state index is 0.0253. The first-order valence-corrected chi connectivity index (χ1v) is 12.0. The van der Waals surface area contributed by atoms with Crippen LogP contribution in [0.3, 0.4) is 0 Å². The third kappa shape index (κ3) is 3.42. The van der Waals surface area contributed by atoms with Gasteiger partial charge >= 0.3 is 5.97 Å². The van der Waals surface area contributed by atoms with Gasteiger partial charge in [-0.1, -0.05) is 38.2 Å². The van der Waals surface area contributed by atoms with Crippen LogP contribution in [0.1, 0.15) is 34.1 Å². The standard InChI is InChI=1S/C23H32N2O5S/c1-13(2)11-15(12-26)25-19-21(28)24(14(3)4)9-6-8-23(19)18(20(25)27)17-16(31-23)7-5-10-30-22(17)29/h5-8,13-19,26H,9-12H2,1-4H3/t15-,16-,17+,18+,19?,23+/m1/s1. The summed E-state index contributed by atoms with van der Waals surface area (Å²) in [6.45, 7) is 8.45. The normalized spacial score (nSPS) is 35.8. The smallest absolute Gasteiger partial charge is 0.311 e.